The first kappa shape index (κ1) is 22.7. The van der Waals surface area contributed by atoms with Crippen molar-refractivity contribution >= 4 is 23.3 Å². The van der Waals surface area contributed by atoms with E-state index in [0.717, 1.165) is 6.07 Å². The van der Waals surface area contributed by atoms with E-state index < -0.39 is 29.2 Å². The van der Waals surface area contributed by atoms with Gasteiger partial charge in [0.25, 0.3) is 6.01 Å². The van der Waals surface area contributed by atoms with Crippen molar-refractivity contribution in [3.63, 3.8) is 0 Å². The molecule has 0 saturated heterocycles. The van der Waals surface area contributed by atoms with E-state index in [-0.39, 0.29) is 40.6 Å². The predicted octanol–water partition coefficient (Wildman–Crippen LogP) is 5.00. The predicted molar refractivity (Wildman–Crippen MR) is 114 cm³/mol. The van der Waals surface area contributed by atoms with Gasteiger partial charge < -0.3 is 24.9 Å². The number of nitrogens with zero attached hydrogens (tertiary/aromatic N) is 2. The number of hydrogen-bond donors (Lipinski definition) is 3. The number of carbonyl (C=O) groups is 1. The molecule has 4 rings (SSSR count). The van der Waals surface area contributed by atoms with Crippen molar-refractivity contribution in [2.75, 3.05) is 5.32 Å². The van der Waals surface area contributed by atoms with Gasteiger partial charge in [-0.15, -0.1) is 0 Å². The average molecular weight is 464 g/mol. The molecule has 3 aromatic rings. The molecule has 0 radical (unpaired) electrons. The zero-order valence-corrected chi connectivity index (χ0v) is 18.4. The molecule has 1 aliphatic carbocycles. The molecule has 2 atom stereocenters. The van der Waals surface area contributed by atoms with Crippen LogP contribution >= 0.6 is 0 Å². The maximum absolute atomic E-state index is 13.0. The lowest BCUT2D eigenvalue weighted by molar-refractivity contribution is -0.137. The average Bonchev–Trinajstić information content (AvgIpc) is 3.23. The number of rotatable bonds is 4. The number of benzene rings is 1. The number of carbonyl (C=O) groups excluding carboxylic acids is 1. The SMILES string of the molecule is Cc1cc(C(F)(F)F)cc(O)c1-c1ccc2oc(N[C@@H]3C[C@H]3NC(=O)OC(C)(C)C)nc2n1. The first-order valence-electron chi connectivity index (χ1n) is 10.2. The highest BCUT2D eigenvalue weighted by Gasteiger charge is 2.40. The van der Waals surface area contributed by atoms with Crippen molar-refractivity contribution < 1.29 is 32.2 Å². The van der Waals surface area contributed by atoms with E-state index in [0.29, 0.717) is 18.1 Å². The monoisotopic (exact) mass is 464 g/mol. The second-order valence-corrected chi connectivity index (χ2v) is 8.96. The van der Waals surface area contributed by atoms with Gasteiger partial charge in [0.05, 0.1) is 23.3 Å². The third-order valence-electron chi connectivity index (χ3n) is 4.95. The Morgan fingerprint density at radius 1 is 1.18 bits per heavy atom. The molecule has 0 bridgehead atoms. The van der Waals surface area contributed by atoms with E-state index in [4.69, 9.17) is 9.15 Å². The Morgan fingerprint density at radius 3 is 2.55 bits per heavy atom. The first-order chi connectivity index (χ1) is 15.3. The number of halogens is 3. The number of hydrogen-bond acceptors (Lipinski definition) is 7. The summed E-state index contributed by atoms with van der Waals surface area (Å²) in [6.07, 6.45) is -4.41. The lowest BCUT2D eigenvalue weighted by Crippen LogP contribution is -2.35. The Hall–Kier alpha value is -3.50. The Kier molecular flexibility index (Phi) is 5.38. The van der Waals surface area contributed by atoms with Gasteiger partial charge in [-0.05, 0) is 63.9 Å². The summed E-state index contributed by atoms with van der Waals surface area (Å²) in [7, 11) is 0. The van der Waals surface area contributed by atoms with E-state index in [2.05, 4.69) is 20.6 Å². The lowest BCUT2D eigenvalue weighted by Gasteiger charge is -2.19. The van der Waals surface area contributed by atoms with Gasteiger partial charge in [0, 0.05) is 5.56 Å². The number of phenolic OH excluding ortho intramolecular Hbond substituents is 1. The van der Waals surface area contributed by atoms with E-state index in [1.54, 1.807) is 26.8 Å². The van der Waals surface area contributed by atoms with Crippen molar-refractivity contribution in [1.82, 2.24) is 15.3 Å². The van der Waals surface area contributed by atoms with Crippen molar-refractivity contribution in [1.29, 1.82) is 0 Å². The summed E-state index contributed by atoms with van der Waals surface area (Å²) in [5.74, 6) is -0.523. The molecule has 1 saturated carbocycles. The number of alkyl carbamates (subject to hydrolysis) is 1. The molecule has 0 unspecified atom stereocenters. The number of oxazole rings is 1. The Labute approximate surface area is 187 Å². The molecule has 3 N–H and O–H groups in total. The van der Waals surface area contributed by atoms with Gasteiger partial charge in [0.1, 0.15) is 11.4 Å². The summed E-state index contributed by atoms with van der Waals surface area (Å²) in [5.41, 5.74) is -0.258. The number of amides is 1. The van der Waals surface area contributed by atoms with Crippen LogP contribution in [0, 0.1) is 6.92 Å². The van der Waals surface area contributed by atoms with Crippen LogP contribution in [0.3, 0.4) is 0 Å². The number of aromatic hydroxyl groups is 1. The van der Waals surface area contributed by atoms with Crippen molar-refractivity contribution in [3.05, 3.63) is 35.4 Å². The third-order valence-corrected chi connectivity index (χ3v) is 4.95. The molecule has 1 aromatic carbocycles. The fraction of sp³-hybridized carbons (Fsp3) is 0.409. The van der Waals surface area contributed by atoms with Crippen LogP contribution < -0.4 is 10.6 Å². The quantitative estimate of drug-likeness (QED) is 0.498. The number of pyridine rings is 1. The number of fused-ring (bicyclic) bond motifs is 1. The maximum Gasteiger partial charge on any atom is 0.416 e. The van der Waals surface area contributed by atoms with Crippen LogP contribution in [-0.2, 0) is 10.9 Å². The third kappa shape index (κ3) is 5.12. The topological polar surface area (TPSA) is 110 Å². The summed E-state index contributed by atoms with van der Waals surface area (Å²) < 4.78 is 49.8. The van der Waals surface area contributed by atoms with Crippen LogP contribution in [0.2, 0.25) is 0 Å². The van der Waals surface area contributed by atoms with Gasteiger partial charge in [-0.2, -0.15) is 18.2 Å². The lowest BCUT2D eigenvalue weighted by atomic mass is 10.0. The van der Waals surface area contributed by atoms with Gasteiger partial charge in [-0.1, -0.05) is 0 Å². The number of nitrogens with one attached hydrogen (secondary N) is 2. The first-order valence-corrected chi connectivity index (χ1v) is 10.2. The van der Waals surface area contributed by atoms with Gasteiger partial charge in [-0.3, -0.25) is 0 Å². The van der Waals surface area contributed by atoms with E-state index in [9.17, 15) is 23.1 Å². The van der Waals surface area contributed by atoms with Crippen LogP contribution in [0.25, 0.3) is 22.5 Å². The Balaban J connectivity index is 1.49. The number of phenols is 1. The molecule has 8 nitrogen and oxygen atoms in total. The molecule has 0 aliphatic heterocycles. The molecular weight excluding hydrogens is 441 g/mol. The smallest absolute Gasteiger partial charge is 0.416 e. The molecule has 1 aliphatic rings. The van der Waals surface area contributed by atoms with E-state index in [1.807, 2.05) is 0 Å². The van der Waals surface area contributed by atoms with Gasteiger partial charge in [0.15, 0.2) is 5.58 Å². The van der Waals surface area contributed by atoms with Gasteiger partial charge >= 0.3 is 12.3 Å². The fourth-order valence-corrected chi connectivity index (χ4v) is 3.42. The minimum absolute atomic E-state index is 0.0914. The van der Waals surface area contributed by atoms with Crippen LogP contribution in [0.5, 0.6) is 5.75 Å². The second kappa shape index (κ2) is 7.82. The molecule has 0 spiro atoms. The molecule has 1 fully saturated rings. The van der Waals surface area contributed by atoms with E-state index in [1.165, 1.54) is 13.0 Å². The van der Waals surface area contributed by atoms with Crippen LogP contribution in [-0.4, -0.2) is 38.9 Å². The van der Waals surface area contributed by atoms with Crippen LogP contribution in [0.1, 0.15) is 38.3 Å². The summed E-state index contributed by atoms with van der Waals surface area (Å²) in [5, 5.41) is 16.0. The molecule has 2 aromatic heterocycles. The molecule has 2 heterocycles. The summed E-state index contributed by atoms with van der Waals surface area (Å²) in [6.45, 7) is 6.80. The van der Waals surface area contributed by atoms with Crippen molar-refractivity contribution in [2.45, 2.75) is 58.0 Å². The highest BCUT2D eigenvalue weighted by atomic mass is 19.4. The fourth-order valence-electron chi connectivity index (χ4n) is 3.42. The van der Waals surface area contributed by atoms with Gasteiger partial charge in [0.2, 0.25) is 5.65 Å². The molecule has 176 valence electrons. The summed E-state index contributed by atoms with van der Waals surface area (Å²) in [4.78, 5) is 20.5. The van der Waals surface area contributed by atoms with Crippen LogP contribution in [0.15, 0.2) is 28.7 Å². The molecule has 11 heteroatoms. The summed E-state index contributed by atoms with van der Waals surface area (Å²) in [6, 6.07) is 4.72. The standard InChI is InChI=1S/C22H23F3N4O4/c1-10-7-11(22(23,24)25)8-15(30)17(10)12-5-6-16-18(26-12)29-19(32-16)27-13-9-14(13)28-20(31)33-21(2,3)4/h5-8,13-14,30H,9H2,1-4H3,(H,28,31)(H,26,27,29)/t13-,14-/m1/s1. The number of alkyl halides is 3. The molecule has 33 heavy (non-hydrogen) atoms. The maximum atomic E-state index is 13.0. The number of anilines is 1. The second-order valence-electron chi connectivity index (χ2n) is 8.96. The minimum Gasteiger partial charge on any atom is -0.507 e. The van der Waals surface area contributed by atoms with Crippen molar-refractivity contribution in [3.8, 4) is 17.0 Å². The number of ether oxygens (including phenoxy) is 1. The van der Waals surface area contributed by atoms with Crippen molar-refractivity contribution in [2.24, 2.45) is 0 Å². The van der Waals surface area contributed by atoms with Crippen LogP contribution in [0.4, 0.5) is 24.0 Å². The molecular formula is C22H23F3N4O4. The zero-order chi connectivity index (χ0) is 24.1. The largest absolute Gasteiger partial charge is 0.507 e. The Bertz CT molecular complexity index is 1190. The molecule has 1 amide bonds. The summed E-state index contributed by atoms with van der Waals surface area (Å²) >= 11 is 0. The zero-order valence-electron chi connectivity index (χ0n) is 18.4. The highest BCUT2D eigenvalue weighted by Crippen LogP contribution is 2.39. The minimum atomic E-state index is -4.57. The number of aryl methyl sites for hydroxylation is 1. The Morgan fingerprint density at radius 2 is 1.91 bits per heavy atom. The van der Waals surface area contributed by atoms with E-state index >= 15 is 0 Å². The normalized spacial score (nSPS) is 18.3. The highest BCUT2D eigenvalue weighted by molar-refractivity contribution is 5.78. The van der Waals surface area contributed by atoms with Gasteiger partial charge in [-0.25, -0.2) is 9.78 Å². The number of aromatic nitrogens is 2.